The lowest BCUT2D eigenvalue weighted by molar-refractivity contribution is 0.238. The minimum atomic E-state index is 0.134. The molecule has 0 aliphatic carbocycles. The summed E-state index contributed by atoms with van der Waals surface area (Å²) in [6, 6.07) is 0. The summed E-state index contributed by atoms with van der Waals surface area (Å²) in [6.45, 7) is 11.6. The van der Waals surface area contributed by atoms with Crippen LogP contribution in [0.3, 0.4) is 0 Å². The second-order valence-electron chi connectivity index (χ2n) is 5.58. The molecular formula is C13H25N3O. The van der Waals surface area contributed by atoms with Crippen LogP contribution in [0, 0.1) is 11.3 Å². The summed E-state index contributed by atoms with van der Waals surface area (Å²) in [6.07, 6.45) is 3.83. The van der Waals surface area contributed by atoms with Crippen molar-refractivity contribution >= 4 is 0 Å². The van der Waals surface area contributed by atoms with Gasteiger partial charge in [0.1, 0.15) is 0 Å². The minimum absolute atomic E-state index is 0.134. The van der Waals surface area contributed by atoms with Crippen molar-refractivity contribution in [3.63, 3.8) is 0 Å². The monoisotopic (exact) mass is 239 g/mol. The summed E-state index contributed by atoms with van der Waals surface area (Å²) < 4.78 is 1.77. The van der Waals surface area contributed by atoms with Crippen molar-refractivity contribution in [1.82, 2.24) is 15.1 Å². The predicted molar refractivity (Wildman–Crippen MR) is 69.6 cm³/mol. The molecule has 2 N–H and O–H groups in total. The Labute approximate surface area is 104 Å². The van der Waals surface area contributed by atoms with E-state index in [1.165, 1.54) is 0 Å². The van der Waals surface area contributed by atoms with Crippen LogP contribution in [0.2, 0.25) is 0 Å². The van der Waals surface area contributed by atoms with E-state index in [-0.39, 0.29) is 6.61 Å². The largest absolute Gasteiger partial charge is 0.394 e. The number of rotatable bonds is 7. The zero-order chi connectivity index (χ0) is 12.9. The molecule has 0 aliphatic rings. The van der Waals surface area contributed by atoms with Crippen LogP contribution < -0.4 is 5.32 Å². The molecule has 0 atom stereocenters. The second-order valence-corrected chi connectivity index (χ2v) is 5.58. The average Bonchev–Trinajstić information content (AvgIpc) is 2.66. The van der Waals surface area contributed by atoms with E-state index in [0.29, 0.717) is 17.9 Å². The van der Waals surface area contributed by atoms with Crippen molar-refractivity contribution in [3.8, 4) is 0 Å². The molecule has 4 nitrogen and oxygen atoms in total. The predicted octanol–water partition coefficient (Wildman–Crippen LogP) is 1.65. The van der Waals surface area contributed by atoms with Crippen molar-refractivity contribution < 1.29 is 5.11 Å². The molecule has 17 heavy (non-hydrogen) atoms. The molecule has 1 rings (SSSR count). The van der Waals surface area contributed by atoms with Crippen LogP contribution in [-0.4, -0.2) is 28.0 Å². The summed E-state index contributed by atoms with van der Waals surface area (Å²) in [5.41, 5.74) is 1.47. The first-order valence-corrected chi connectivity index (χ1v) is 6.28. The lowest BCUT2D eigenvalue weighted by Crippen LogP contribution is -2.33. The van der Waals surface area contributed by atoms with Crippen molar-refractivity contribution in [1.29, 1.82) is 0 Å². The Morgan fingerprint density at radius 2 is 2.18 bits per heavy atom. The number of nitrogens with one attached hydrogen (secondary N) is 1. The molecule has 98 valence electrons. The van der Waals surface area contributed by atoms with Crippen LogP contribution >= 0.6 is 0 Å². The van der Waals surface area contributed by atoms with E-state index in [0.717, 1.165) is 18.7 Å². The van der Waals surface area contributed by atoms with Gasteiger partial charge in [0, 0.05) is 24.8 Å². The highest BCUT2D eigenvalue weighted by atomic mass is 16.3. The molecule has 0 spiro atoms. The fourth-order valence-electron chi connectivity index (χ4n) is 1.46. The molecule has 0 amide bonds. The summed E-state index contributed by atoms with van der Waals surface area (Å²) in [5, 5.41) is 16.4. The van der Waals surface area contributed by atoms with Gasteiger partial charge in [-0.25, -0.2) is 0 Å². The Morgan fingerprint density at radius 1 is 1.47 bits per heavy atom. The third-order valence-corrected chi connectivity index (χ3v) is 3.49. The lowest BCUT2D eigenvalue weighted by Gasteiger charge is -2.29. The van der Waals surface area contributed by atoms with Crippen LogP contribution in [0.4, 0.5) is 0 Å². The van der Waals surface area contributed by atoms with E-state index >= 15 is 0 Å². The Hall–Kier alpha value is -0.870. The van der Waals surface area contributed by atoms with Crippen LogP contribution in [0.25, 0.3) is 0 Å². The topological polar surface area (TPSA) is 50.1 Å². The SMILES string of the molecule is CC(C)C(C)(C)CNCc1cnn(CCO)c1. The van der Waals surface area contributed by atoms with Gasteiger partial charge in [-0.1, -0.05) is 27.7 Å². The lowest BCUT2D eigenvalue weighted by atomic mass is 9.81. The summed E-state index contributed by atoms with van der Waals surface area (Å²) in [5.74, 6) is 0.659. The Balaban J connectivity index is 2.35. The van der Waals surface area contributed by atoms with Crippen molar-refractivity contribution in [2.45, 2.75) is 40.8 Å². The fourth-order valence-corrected chi connectivity index (χ4v) is 1.46. The molecule has 0 aliphatic heterocycles. The normalized spacial score (nSPS) is 12.4. The van der Waals surface area contributed by atoms with Gasteiger partial charge in [-0.2, -0.15) is 5.10 Å². The van der Waals surface area contributed by atoms with E-state index in [1.807, 2.05) is 12.4 Å². The number of hydrogen-bond acceptors (Lipinski definition) is 3. The zero-order valence-corrected chi connectivity index (χ0v) is 11.4. The van der Waals surface area contributed by atoms with Crippen molar-refractivity contribution in [3.05, 3.63) is 18.0 Å². The third-order valence-electron chi connectivity index (χ3n) is 3.49. The Bertz CT molecular complexity index is 331. The van der Waals surface area contributed by atoms with Gasteiger partial charge in [0.25, 0.3) is 0 Å². The standard InChI is InChI=1S/C13H25N3O/c1-11(2)13(3,4)10-14-7-12-8-15-16(9-12)5-6-17/h8-9,11,14,17H,5-7,10H2,1-4H3. The van der Waals surface area contributed by atoms with Gasteiger partial charge in [-0.05, 0) is 11.3 Å². The molecule has 0 saturated carbocycles. The molecule has 0 unspecified atom stereocenters. The van der Waals surface area contributed by atoms with Crippen LogP contribution in [-0.2, 0) is 13.1 Å². The third kappa shape index (κ3) is 4.48. The first-order chi connectivity index (χ1) is 7.95. The van der Waals surface area contributed by atoms with Gasteiger partial charge in [0.2, 0.25) is 0 Å². The second kappa shape index (κ2) is 6.17. The number of aliphatic hydroxyl groups is 1. The average molecular weight is 239 g/mol. The van der Waals surface area contributed by atoms with Gasteiger partial charge in [-0.3, -0.25) is 4.68 Å². The smallest absolute Gasteiger partial charge is 0.0640 e. The van der Waals surface area contributed by atoms with Gasteiger partial charge in [0.05, 0.1) is 19.3 Å². The molecule has 0 saturated heterocycles. The molecule has 1 aromatic rings. The van der Waals surface area contributed by atoms with E-state index in [9.17, 15) is 0 Å². The first kappa shape index (κ1) is 14.2. The fraction of sp³-hybridized carbons (Fsp3) is 0.769. The van der Waals surface area contributed by atoms with E-state index in [4.69, 9.17) is 5.11 Å². The maximum Gasteiger partial charge on any atom is 0.0640 e. The molecular weight excluding hydrogens is 214 g/mol. The number of aromatic nitrogens is 2. The van der Waals surface area contributed by atoms with Gasteiger partial charge in [-0.15, -0.1) is 0 Å². The number of aliphatic hydroxyl groups excluding tert-OH is 1. The van der Waals surface area contributed by atoms with Crippen molar-refractivity contribution in [2.24, 2.45) is 11.3 Å². The summed E-state index contributed by atoms with van der Waals surface area (Å²) in [4.78, 5) is 0. The molecule has 0 aromatic carbocycles. The number of hydrogen-bond donors (Lipinski definition) is 2. The van der Waals surface area contributed by atoms with Crippen LogP contribution in [0.1, 0.15) is 33.3 Å². The first-order valence-electron chi connectivity index (χ1n) is 6.28. The maximum atomic E-state index is 8.80. The maximum absolute atomic E-state index is 8.80. The van der Waals surface area contributed by atoms with E-state index in [2.05, 4.69) is 38.1 Å². The summed E-state index contributed by atoms with van der Waals surface area (Å²) >= 11 is 0. The Morgan fingerprint density at radius 3 is 2.76 bits per heavy atom. The van der Waals surface area contributed by atoms with Crippen LogP contribution in [0.5, 0.6) is 0 Å². The zero-order valence-electron chi connectivity index (χ0n) is 11.4. The van der Waals surface area contributed by atoms with Crippen molar-refractivity contribution in [2.75, 3.05) is 13.2 Å². The molecule has 1 heterocycles. The minimum Gasteiger partial charge on any atom is -0.394 e. The highest BCUT2D eigenvalue weighted by Gasteiger charge is 2.21. The quantitative estimate of drug-likeness (QED) is 0.760. The van der Waals surface area contributed by atoms with Crippen LogP contribution in [0.15, 0.2) is 12.4 Å². The van der Waals surface area contributed by atoms with Gasteiger partial charge >= 0.3 is 0 Å². The van der Waals surface area contributed by atoms with E-state index < -0.39 is 0 Å². The molecule has 0 fully saturated rings. The van der Waals surface area contributed by atoms with Gasteiger partial charge < -0.3 is 10.4 Å². The molecule has 0 radical (unpaired) electrons. The van der Waals surface area contributed by atoms with Gasteiger partial charge in [0.15, 0.2) is 0 Å². The molecule has 1 aromatic heterocycles. The Kier molecular flexibility index (Phi) is 5.15. The summed E-state index contributed by atoms with van der Waals surface area (Å²) in [7, 11) is 0. The molecule has 0 bridgehead atoms. The van der Waals surface area contributed by atoms with E-state index in [1.54, 1.807) is 4.68 Å². The number of nitrogens with zero attached hydrogens (tertiary/aromatic N) is 2. The highest BCUT2D eigenvalue weighted by molar-refractivity contribution is 5.03. The highest BCUT2D eigenvalue weighted by Crippen LogP contribution is 2.24. The molecule has 4 heteroatoms.